The molecule has 0 atom stereocenters. The van der Waals surface area contributed by atoms with Gasteiger partial charge in [0, 0.05) is 37.6 Å². The van der Waals surface area contributed by atoms with Crippen LogP contribution in [0, 0.1) is 11.6 Å². The minimum atomic E-state index is -0.796. The van der Waals surface area contributed by atoms with Crippen molar-refractivity contribution in [1.82, 2.24) is 20.5 Å². The first-order chi connectivity index (χ1) is 14.1. The summed E-state index contributed by atoms with van der Waals surface area (Å²) in [6, 6.07) is 4.49. The van der Waals surface area contributed by atoms with Crippen molar-refractivity contribution in [2.24, 2.45) is 4.99 Å². The van der Waals surface area contributed by atoms with Crippen LogP contribution in [0.3, 0.4) is 0 Å². The Hall–Kier alpha value is -2.06. The van der Waals surface area contributed by atoms with Crippen molar-refractivity contribution < 1.29 is 8.78 Å². The highest BCUT2D eigenvalue weighted by Gasteiger charge is 2.20. The number of aryl methyl sites for hydroxylation is 1. The Labute approximate surface area is 175 Å². The lowest BCUT2D eigenvalue weighted by atomic mass is 10.0. The van der Waals surface area contributed by atoms with Crippen LogP contribution in [0.4, 0.5) is 8.78 Å². The van der Waals surface area contributed by atoms with Crippen molar-refractivity contribution in [1.29, 1.82) is 0 Å². The first kappa shape index (κ1) is 21.6. The highest BCUT2D eigenvalue weighted by Crippen LogP contribution is 2.16. The maximum Gasteiger partial charge on any atom is 0.191 e. The van der Waals surface area contributed by atoms with E-state index in [2.05, 4.69) is 44.7 Å². The number of piperidine rings is 1. The Kier molecular flexibility index (Phi) is 7.94. The highest BCUT2D eigenvalue weighted by molar-refractivity contribution is 7.09. The first-order valence-electron chi connectivity index (χ1n) is 10.2. The second-order valence-electron chi connectivity index (χ2n) is 7.22. The molecule has 0 spiro atoms. The third-order valence-corrected chi connectivity index (χ3v) is 6.01. The number of rotatable bonds is 7. The van der Waals surface area contributed by atoms with Crippen molar-refractivity contribution in [2.75, 3.05) is 19.6 Å². The van der Waals surface area contributed by atoms with Gasteiger partial charge in [0.2, 0.25) is 0 Å². The van der Waals surface area contributed by atoms with E-state index in [1.165, 1.54) is 12.1 Å². The van der Waals surface area contributed by atoms with Crippen molar-refractivity contribution in [2.45, 2.75) is 52.2 Å². The average Bonchev–Trinajstić information content (AvgIpc) is 3.19. The van der Waals surface area contributed by atoms with E-state index in [4.69, 9.17) is 0 Å². The van der Waals surface area contributed by atoms with Crippen molar-refractivity contribution >= 4 is 17.3 Å². The summed E-state index contributed by atoms with van der Waals surface area (Å²) < 4.78 is 26.5. The molecule has 8 heteroatoms. The van der Waals surface area contributed by atoms with Gasteiger partial charge in [-0.1, -0.05) is 13.0 Å². The molecule has 1 fully saturated rings. The smallest absolute Gasteiger partial charge is 0.191 e. The summed E-state index contributed by atoms with van der Waals surface area (Å²) in [6.45, 7) is 7.99. The van der Waals surface area contributed by atoms with Gasteiger partial charge in [0.15, 0.2) is 17.6 Å². The Morgan fingerprint density at radius 2 is 2.03 bits per heavy atom. The van der Waals surface area contributed by atoms with E-state index >= 15 is 0 Å². The number of nitrogens with one attached hydrogen (secondary N) is 2. The Morgan fingerprint density at radius 1 is 1.24 bits per heavy atom. The lowest BCUT2D eigenvalue weighted by Gasteiger charge is -2.33. The molecule has 158 valence electrons. The fraction of sp³-hybridized carbons (Fsp3) is 0.524. The third-order valence-electron chi connectivity index (χ3n) is 4.96. The minimum absolute atomic E-state index is 0.343. The van der Waals surface area contributed by atoms with Crippen LogP contribution in [-0.4, -0.2) is 41.5 Å². The van der Waals surface area contributed by atoms with Crippen molar-refractivity contribution in [3.63, 3.8) is 0 Å². The maximum absolute atomic E-state index is 13.4. The number of benzene rings is 1. The second-order valence-corrected chi connectivity index (χ2v) is 8.17. The Morgan fingerprint density at radius 3 is 2.69 bits per heavy atom. The molecular formula is C21H29F2N5S. The number of halogens is 2. The molecule has 0 bridgehead atoms. The van der Waals surface area contributed by atoms with Crippen molar-refractivity contribution in [3.05, 3.63) is 51.5 Å². The molecule has 0 amide bonds. The zero-order chi connectivity index (χ0) is 20.6. The van der Waals surface area contributed by atoms with Crippen LogP contribution in [0.15, 0.2) is 28.6 Å². The van der Waals surface area contributed by atoms with Crippen LogP contribution in [0.1, 0.15) is 43.0 Å². The second kappa shape index (κ2) is 10.6. The number of nitrogens with zero attached hydrogens (tertiary/aromatic N) is 3. The van der Waals surface area contributed by atoms with E-state index in [0.717, 1.165) is 61.1 Å². The molecule has 1 aliphatic heterocycles. The predicted molar refractivity (Wildman–Crippen MR) is 114 cm³/mol. The molecule has 29 heavy (non-hydrogen) atoms. The molecule has 2 heterocycles. The summed E-state index contributed by atoms with van der Waals surface area (Å²) in [5.41, 5.74) is 1.81. The lowest BCUT2D eigenvalue weighted by Crippen LogP contribution is -2.48. The number of hydrogen-bond donors (Lipinski definition) is 2. The third kappa shape index (κ3) is 6.47. The van der Waals surface area contributed by atoms with Crippen LogP contribution >= 0.6 is 11.3 Å². The van der Waals surface area contributed by atoms with E-state index in [9.17, 15) is 8.78 Å². The van der Waals surface area contributed by atoms with E-state index in [-0.39, 0.29) is 0 Å². The van der Waals surface area contributed by atoms with Gasteiger partial charge in [0.05, 0.1) is 17.2 Å². The SMILES string of the molecule is CCNC(=NCc1csc(CC)n1)NC1CCN(Cc2ccc(F)c(F)c2)CC1. The maximum atomic E-state index is 13.4. The molecule has 3 rings (SSSR count). The first-order valence-corrected chi connectivity index (χ1v) is 11.1. The zero-order valence-electron chi connectivity index (χ0n) is 17.0. The standard InChI is InChI=1S/C21H29F2N5S/c1-3-20-26-17(14-29-20)12-25-21(24-4-2)27-16-7-9-28(10-8-16)13-15-5-6-18(22)19(23)11-15/h5-6,11,14,16H,3-4,7-10,12-13H2,1-2H3,(H2,24,25,27). The highest BCUT2D eigenvalue weighted by atomic mass is 32.1. The molecule has 1 aliphatic rings. The fourth-order valence-corrected chi connectivity index (χ4v) is 4.12. The topological polar surface area (TPSA) is 52.6 Å². The largest absolute Gasteiger partial charge is 0.357 e. The van der Waals surface area contributed by atoms with Crippen molar-refractivity contribution in [3.8, 4) is 0 Å². The normalized spacial score (nSPS) is 16.2. The molecule has 0 aliphatic carbocycles. The average molecular weight is 422 g/mol. The summed E-state index contributed by atoms with van der Waals surface area (Å²) in [6.07, 6.45) is 2.91. The molecule has 0 unspecified atom stereocenters. The number of aromatic nitrogens is 1. The number of hydrogen-bond acceptors (Lipinski definition) is 4. The Balaban J connectivity index is 1.49. The van der Waals surface area contributed by atoms with Gasteiger partial charge >= 0.3 is 0 Å². The van der Waals surface area contributed by atoms with E-state index in [1.54, 1.807) is 17.4 Å². The van der Waals surface area contributed by atoms with E-state index in [1.807, 2.05) is 0 Å². The number of guanidine groups is 1. The zero-order valence-corrected chi connectivity index (χ0v) is 17.9. The summed E-state index contributed by atoms with van der Waals surface area (Å²) in [5.74, 6) is -0.759. The summed E-state index contributed by atoms with van der Waals surface area (Å²) in [4.78, 5) is 11.5. The van der Waals surface area contributed by atoms with Crippen LogP contribution in [0.25, 0.3) is 0 Å². The molecule has 5 nitrogen and oxygen atoms in total. The van der Waals surface area contributed by atoms with Gasteiger partial charge in [-0.05, 0) is 43.9 Å². The summed E-state index contributed by atoms with van der Waals surface area (Å²) >= 11 is 1.68. The van der Waals surface area contributed by atoms with E-state index < -0.39 is 11.6 Å². The molecule has 0 radical (unpaired) electrons. The minimum Gasteiger partial charge on any atom is -0.357 e. The molecule has 1 saturated heterocycles. The van der Waals surface area contributed by atoms with Crippen LogP contribution in [0.2, 0.25) is 0 Å². The monoisotopic (exact) mass is 421 g/mol. The van der Waals surface area contributed by atoms with Gasteiger partial charge in [-0.3, -0.25) is 4.90 Å². The molecule has 2 aromatic rings. The lowest BCUT2D eigenvalue weighted by molar-refractivity contribution is 0.198. The molecular weight excluding hydrogens is 392 g/mol. The molecule has 1 aromatic carbocycles. The van der Waals surface area contributed by atoms with Crippen LogP contribution < -0.4 is 10.6 Å². The summed E-state index contributed by atoms with van der Waals surface area (Å²) in [7, 11) is 0. The van der Waals surface area contributed by atoms with Gasteiger partial charge < -0.3 is 10.6 Å². The van der Waals surface area contributed by atoms with E-state index in [0.29, 0.717) is 19.1 Å². The van der Waals surface area contributed by atoms with Gasteiger partial charge in [0.1, 0.15) is 0 Å². The number of aliphatic imine (C=N–C) groups is 1. The quantitative estimate of drug-likeness (QED) is 0.529. The summed E-state index contributed by atoms with van der Waals surface area (Å²) in [5, 5.41) is 10.0. The van der Waals surface area contributed by atoms with Gasteiger partial charge in [-0.25, -0.2) is 18.8 Å². The molecule has 2 N–H and O–H groups in total. The van der Waals surface area contributed by atoms with Crippen LogP contribution in [0.5, 0.6) is 0 Å². The van der Waals surface area contributed by atoms with Gasteiger partial charge in [0.25, 0.3) is 0 Å². The predicted octanol–water partition coefficient (Wildman–Crippen LogP) is 3.70. The van der Waals surface area contributed by atoms with Gasteiger partial charge in [-0.15, -0.1) is 11.3 Å². The van der Waals surface area contributed by atoms with Crippen LogP contribution in [-0.2, 0) is 19.5 Å². The Bertz CT molecular complexity index is 815. The molecule has 0 saturated carbocycles. The fourth-order valence-electron chi connectivity index (χ4n) is 3.39. The number of thiazole rings is 1. The van der Waals surface area contributed by atoms with Gasteiger partial charge in [-0.2, -0.15) is 0 Å². The molecule has 1 aromatic heterocycles. The number of likely N-dealkylation sites (tertiary alicyclic amines) is 1.